The van der Waals surface area contributed by atoms with Crippen LogP contribution in [0.1, 0.15) is 31.1 Å². The van der Waals surface area contributed by atoms with Crippen molar-refractivity contribution < 1.29 is 8.91 Å². The van der Waals surface area contributed by atoms with Crippen LogP contribution in [0.2, 0.25) is 0 Å². The first-order valence-electron chi connectivity index (χ1n) is 6.11. The maximum atomic E-state index is 13.4. The minimum Gasteiger partial charge on any atom is -0.338 e. The molecule has 102 valence electrons. The highest BCUT2D eigenvalue weighted by Gasteiger charge is 2.15. The van der Waals surface area contributed by atoms with E-state index >= 15 is 0 Å². The Labute approximate surface area is 115 Å². The van der Waals surface area contributed by atoms with Crippen molar-refractivity contribution in [2.45, 2.75) is 30.0 Å². The molecule has 1 unspecified atom stereocenters. The summed E-state index contributed by atoms with van der Waals surface area (Å²) in [5.74, 6) is 1.42. The first-order valence-corrected chi connectivity index (χ1v) is 7.10. The molecule has 0 amide bonds. The SMILES string of the molecule is CCC(NC)c1nc(CSc2ccccc2F)no1. The van der Waals surface area contributed by atoms with Gasteiger partial charge in [0.05, 0.1) is 11.8 Å². The largest absolute Gasteiger partial charge is 0.338 e. The number of nitrogens with zero attached hydrogens (tertiary/aromatic N) is 2. The Morgan fingerprint density at radius 3 is 2.89 bits per heavy atom. The fourth-order valence-electron chi connectivity index (χ4n) is 1.67. The molecule has 6 heteroatoms. The maximum absolute atomic E-state index is 13.4. The van der Waals surface area contributed by atoms with E-state index in [1.165, 1.54) is 17.8 Å². The number of hydrogen-bond acceptors (Lipinski definition) is 5. The third kappa shape index (κ3) is 3.54. The summed E-state index contributed by atoms with van der Waals surface area (Å²) in [6.07, 6.45) is 0.874. The lowest BCUT2D eigenvalue weighted by molar-refractivity contribution is 0.332. The maximum Gasteiger partial charge on any atom is 0.243 e. The summed E-state index contributed by atoms with van der Waals surface area (Å²) in [4.78, 5) is 4.91. The highest BCUT2D eigenvalue weighted by atomic mass is 32.2. The normalized spacial score (nSPS) is 12.6. The van der Waals surface area contributed by atoms with Crippen molar-refractivity contribution in [2.24, 2.45) is 0 Å². The third-order valence-corrected chi connectivity index (χ3v) is 3.78. The summed E-state index contributed by atoms with van der Waals surface area (Å²) >= 11 is 1.36. The molecule has 0 spiro atoms. The Morgan fingerprint density at radius 2 is 2.21 bits per heavy atom. The van der Waals surface area contributed by atoms with Crippen molar-refractivity contribution in [3.63, 3.8) is 0 Å². The Bertz CT molecular complexity index is 528. The predicted molar refractivity (Wildman–Crippen MR) is 72.4 cm³/mol. The Kier molecular flexibility index (Phi) is 4.93. The van der Waals surface area contributed by atoms with E-state index in [-0.39, 0.29) is 11.9 Å². The zero-order valence-corrected chi connectivity index (χ0v) is 11.7. The van der Waals surface area contributed by atoms with Gasteiger partial charge < -0.3 is 9.84 Å². The van der Waals surface area contributed by atoms with Gasteiger partial charge in [0.2, 0.25) is 5.89 Å². The number of thioether (sulfide) groups is 1. The molecule has 4 nitrogen and oxygen atoms in total. The molecular formula is C13H16FN3OS. The quantitative estimate of drug-likeness (QED) is 0.824. The van der Waals surface area contributed by atoms with Crippen molar-refractivity contribution in [1.29, 1.82) is 0 Å². The molecule has 1 aromatic carbocycles. The van der Waals surface area contributed by atoms with Gasteiger partial charge in [-0.25, -0.2) is 4.39 Å². The number of halogens is 1. The van der Waals surface area contributed by atoms with E-state index in [1.807, 2.05) is 14.0 Å². The minimum atomic E-state index is -0.224. The molecule has 0 saturated carbocycles. The van der Waals surface area contributed by atoms with E-state index in [2.05, 4.69) is 15.5 Å². The average molecular weight is 281 g/mol. The monoisotopic (exact) mass is 281 g/mol. The zero-order valence-electron chi connectivity index (χ0n) is 10.9. The fourth-order valence-corrected chi connectivity index (χ4v) is 2.46. The van der Waals surface area contributed by atoms with Crippen LogP contribution in [0.4, 0.5) is 4.39 Å². The summed E-state index contributed by atoms with van der Waals surface area (Å²) < 4.78 is 18.6. The smallest absolute Gasteiger partial charge is 0.243 e. The van der Waals surface area contributed by atoms with Crippen LogP contribution in [0.15, 0.2) is 33.7 Å². The van der Waals surface area contributed by atoms with E-state index < -0.39 is 0 Å². The van der Waals surface area contributed by atoms with Crippen molar-refractivity contribution in [3.8, 4) is 0 Å². The van der Waals surface area contributed by atoms with Gasteiger partial charge in [0.15, 0.2) is 5.82 Å². The van der Waals surface area contributed by atoms with Crippen LogP contribution in [0.25, 0.3) is 0 Å². The zero-order chi connectivity index (χ0) is 13.7. The first kappa shape index (κ1) is 14.0. The molecule has 0 aliphatic carbocycles. The van der Waals surface area contributed by atoms with E-state index in [0.717, 1.165) is 6.42 Å². The molecule has 1 heterocycles. The van der Waals surface area contributed by atoms with Gasteiger partial charge in [-0.2, -0.15) is 4.98 Å². The van der Waals surface area contributed by atoms with Gasteiger partial charge in [0.25, 0.3) is 0 Å². The van der Waals surface area contributed by atoms with Crippen LogP contribution in [0, 0.1) is 5.82 Å². The molecule has 0 aliphatic heterocycles. The topological polar surface area (TPSA) is 51.0 Å². The molecule has 0 fully saturated rings. The van der Waals surface area contributed by atoms with Gasteiger partial charge in [-0.3, -0.25) is 0 Å². The Balaban J connectivity index is 1.99. The van der Waals surface area contributed by atoms with Crippen LogP contribution in [-0.2, 0) is 5.75 Å². The third-order valence-electron chi connectivity index (χ3n) is 2.73. The fraction of sp³-hybridized carbons (Fsp3) is 0.385. The van der Waals surface area contributed by atoms with Crippen LogP contribution in [0.5, 0.6) is 0 Å². The molecule has 2 aromatic rings. The molecular weight excluding hydrogens is 265 g/mol. The summed E-state index contributed by atoms with van der Waals surface area (Å²) in [6.45, 7) is 2.04. The number of rotatable bonds is 6. The lowest BCUT2D eigenvalue weighted by Gasteiger charge is -2.06. The highest BCUT2D eigenvalue weighted by Crippen LogP contribution is 2.24. The van der Waals surface area contributed by atoms with Crippen molar-refractivity contribution in [1.82, 2.24) is 15.5 Å². The van der Waals surface area contributed by atoms with E-state index in [4.69, 9.17) is 4.52 Å². The van der Waals surface area contributed by atoms with E-state index in [1.54, 1.807) is 18.2 Å². The lowest BCUT2D eigenvalue weighted by Crippen LogP contribution is -2.15. The van der Waals surface area contributed by atoms with Gasteiger partial charge >= 0.3 is 0 Å². The van der Waals surface area contributed by atoms with E-state index in [9.17, 15) is 4.39 Å². The summed E-state index contributed by atoms with van der Waals surface area (Å²) in [5.41, 5.74) is 0. The second kappa shape index (κ2) is 6.68. The van der Waals surface area contributed by atoms with Crippen LogP contribution >= 0.6 is 11.8 Å². The molecule has 0 aliphatic rings. The van der Waals surface area contributed by atoms with Crippen molar-refractivity contribution in [2.75, 3.05) is 7.05 Å². The molecule has 2 rings (SSSR count). The van der Waals surface area contributed by atoms with Gasteiger partial charge in [-0.15, -0.1) is 11.8 Å². The molecule has 1 aromatic heterocycles. The number of hydrogen-bond donors (Lipinski definition) is 1. The summed E-state index contributed by atoms with van der Waals surface area (Å²) in [6, 6.07) is 6.73. The summed E-state index contributed by atoms with van der Waals surface area (Å²) in [5, 5.41) is 7.01. The Morgan fingerprint density at radius 1 is 1.42 bits per heavy atom. The first-order chi connectivity index (χ1) is 9.24. The second-order valence-electron chi connectivity index (χ2n) is 4.02. The molecule has 1 atom stereocenters. The van der Waals surface area contributed by atoms with Gasteiger partial charge in [-0.1, -0.05) is 24.2 Å². The van der Waals surface area contributed by atoms with Crippen LogP contribution in [0.3, 0.4) is 0 Å². The van der Waals surface area contributed by atoms with Gasteiger partial charge in [-0.05, 0) is 25.6 Å². The number of nitrogens with one attached hydrogen (secondary N) is 1. The molecule has 1 N–H and O–H groups in total. The van der Waals surface area contributed by atoms with Crippen LogP contribution in [-0.4, -0.2) is 17.2 Å². The standard InChI is InChI=1S/C13H16FN3OS/c1-3-10(15-2)13-16-12(17-18-13)8-19-11-7-5-4-6-9(11)14/h4-7,10,15H,3,8H2,1-2H3. The number of aromatic nitrogens is 2. The predicted octanol–water partition coefficient (Wildman–Crippen LogP) is 3.17. The summed E-state index contributed by atoms with van der Waals surface area (Å²) in [7, 11) is 1.85. The molecule has 0 radical (unpaired) electrons. The molecule has 0 saturated heterocycles. The molecule has 0 bridgehead atoms. The van der Waals surface area contributed by atoms with Crippen LogP contribution < -0.4 is 5.32 Å². The average Bonchev–Trinajstić information content (AvgIpc) is 2.88. The van der Waals surface area contributed by atoms with Crippen molar-refractivity contribution in [3.05, 3.63) is 41.8 Å². The molecule has 19 heavy (non-hydrogen) atoms. The minimum absolute atomic E-state index is 0.0692. The van der Waals surface area contributed by atoms with Crippen molar-refractivity contribution >= 4 is 11.8 Å². The second-order valence-corrected chi connectivity index (χ2v) is 5.03. The number of benzene rings is 1. The Hall–Kier alpha value is -1.40. The van der Waals surface area contributed by atoms with Gasteiger partial charge in [0, 0.05) is 4.90 Å². The van der Waals surface area contributed by atoms with E-state index in [0.29, 0.717) is 22.4 Å². The lowest BCUT2D eigenvalue weighted by atomic mass is 10.2. The van der Waals surface area contributed by atoms with Gasteiger partial charge in [0.1, 0.15) is 5.82 Å². The highest BCUT2D eigenvalue weighted by molar-refractivity contribution is 7.98.